The molecule has 0 saturated carbocycles. The minimum atomic E-state index is -0.133. The van der Waals surface area contributed by atoms with E-state index in [1.807, 2.05) is 30.5 Å². The molecule has 0 bridgehead atoms. The van der Waals surface area contributed by atoms with Crippen LogP contribution in [0.2, 0.25) is 10.3 Å². The maximum Gasteiger partial charge on any atom is 0.256 e. The molecule has 0 aliphatic carbocycles. The molecule has 6 nitrogen and oxygen atoms in total. The van der Waals surface area contributed by atoms with Crippen LogP contribution in [0.3, 0.4) is 0 Å². The van der Waals surface area contributed by atoms with Crippen LogP contribution in [0.4, 0.5) is 5.69 Å². The van der Waals surface area contributed by atoms with Gasteiger partial charge >= 0.3 is 0 Å². The molecule has 0 unspecified atom stereocenters. The summed E-state index contributed by atoms with van der Waals surface area (Å²) in [6, 6.07) is 19.4. The summed E-state index contributed by atoms with van der Waals surface area (Å²) in [5.41, 5.74) is 4.00. The number of anilines is 1. The number of nitrogens with one attached hydrogen (secondary N) is 1. The van der Waals surface area contributed by atoms with Crippen molar-refractivity contribution in [2.75, 3.05) is 18.4 Å². The smallest absolute Gasteiger partial charge is 0.256 e. The highest BCUT2D eigenvalue weighted by Gasteiger charge is 2.26. The number of rotatable bonds is 4. The van der Waals surface area contributed by atoms with E-state index < -0.39 is 0 Å². The minimum Gasteiger partial charge on any atom is -0.382 e. The molecule has 3 heterocycles. The number of amides is 1. The van der Waals surface area contributed by atoms with E-state index in [9.17, 15) is 10.1 Å². The van der Waals surface area contributed by atoms with Crippen LogP contribution in [0.5, 0.6) is 0 Å². The van der Waals surface area contributed by atoms with E-state index in [1.54, 1.807) is 29.3 Å². The average molecular weight is 502 g/mol. The third-order valence-electron chi connectivity index (χ3n) is 6.27. The van der Waals surface area contributed by atoms with Gasteiger partial charge in [-0.2, -0.15) is 5.26 Å². The molecule has 2 aromatic heterocycles. The number of likely N-dealkylation sites (tertiary alicyclic amines) is 1. The first-order valence-electron chi connectivity index (χ1n) is 11.3. The summed E-state index contributed by atoms with van der Waals surface area (Å²) in [5.74, 6) is -0.133. The van der Waals surface area contributed by atoms with Gasteiger partial charge in [0.25, 0.3) is 5.91 Å². The first-order valence-corrected chi connectivity index (χ1v) is 12.0. The highest BCUT2D eigenvalue weighted by Crippen LogP contribution is 2.32. The number of fused-ring (bicyclic) bond motifs is 1. The Hall–Kier alpha value is -3.66. The number of carbonyl (C=O) groups excluding carboxylic acids is 1. The van der Waals surface area contributed by atoms with Gasteiger partial charge in [-0.05, 0) is 71.8 Å². The number of carbonyl (C=O) groups is 1. The van der Waals surface area contributed by atoms with Crippen molar-refractivity contribution >= 4 is 45.6 Å². The van der Waals surface area contributed by atoms with E-state index in [0.29, 0.717) is 24.2 Å². The van der Waals surface area contributed by atoms with Crippen molar-refractivity contribution in [3.8, 4) is 17.2 Å². The van der Waals surface area contributed by atoms with Crippen LogP contribution in [0, 0.1) is 11.3 Å². The summed E-state index contributed by atoms with van der Waals surface area (Å²) < 4.78 is 0. The molecule has 2 aromatic carbocycles. The zero-order valence-corrected chi connectivity index (χ0v) is 20.2. The number of pyridine rings is 2. The Morgan fingerprint density at radius 1 is 1.06 bits per heavy atom. The second kappa shape index (κ2) is 9.91. The molecule has 5 rings (SSSR count). The van der Waals surface area contributed by atoms with Crippen molar-refractivity contribution < 1.29 is 4.79 Å². The second-order valence-electron chi connectivity index (χ2n) is 8.50. The van der Waals surface area contributed by atoms with Gasteiger partial charge in [-0.1, -0.05) is 35.3 Å². The summed E-state index contributed by atoms with van der Waals surface area (Å²) in [7, 11) is 0. The van der Waals surface area contributed by atoms with Gasteiger partial charge in [-0.15, -0.1) is 0 Å². The molecule has 1 saturated heterocycles. The Balaban J connectivity index is 1.35. The Bertz CT molecular complexity index is 1460. The molecule has 8 heteroatoms. The number of nitriles is 1. The average Bonchev–Trinajstić information content (AvgIpc) is 2.89. The molecular formula is C27H21Cl2N5O. The lowest BCUT2D eigenvalue weighted by molar-refractivity contribution is 0.0718. The van der Waals surface area contributed by atoms with Crippen molar-refractivity contribution in [1.82, 2.24) is 14.9 Å². The molecule has 1 fully saturated rings. The highest BCUT2D eigenvalue weighted by atomic mass is 35.5. The fraction of sp³-hybridized carbons (Fsp3) is 0.185. The van der Waals surface area contributed by atoms with Gasteiger partial charge in [-0.25, -0.2) is 4.98 Å². The Morgan fingerprint density at radius 2 is 1.89 bits per heavy atom. The van der Waals surface area contributed by atoms with Crippen LogP contribution >= 0.6 is 23.2 Å². The van der Waals surface area contributed by atoms with E-state index in [1.165, 1.54) is 0 Å². The van der Waals surface area contributed by atoms with Crippen LogP contribution in [0.1, 0.15) is 28.8 Å². The second-order valence-corrected chi connectivity index (χ2v) is 9.24. The van der Waals surface area contributed by atoms with Crippen molar-refractivity contribution in [2.24, 2.45) is 0 Å². The zero-order valence-electron chi connectivity index (χ0n) is 18.7. The number of piperidine rings is 1. The van der Waals surface area contributed by atoms with Gasteiger partial charge in [0.2, 0.25) is 0 Å². The molecule has 0 spiro atoms. The van der Waals surface area contributed by atoms with Gasteiger partial charge in [0.1, 0.15) is 10.3 Å². The monoisotopic (exact) mass is 501 g/mol. The molecule has 174 valence electrons. The number of aromatic nitrogens is 2. The zero-order chi connectivity index (χ0) is 24.4. The fourth-order valence-electron chi connectivity index (χ4n) is 4.44. The van der Waals surface area contributed by atoms with Gasteiger partial charge in [0.15, 0.2) is 0 Å². The van der Waals surface area contributed by atoms with E-state index >= 15 is 0 Å². The Kier molecular flexibility index (Phi) is 6.54. The Labute approximate surface area is 213 Å². The van der Waals surface area contributed by atoms with Crippen molar-refractivity contribution in [3.05, 3.63) is 88.4 Å². The number of halogens is 2. The molecule has 4 aromatic rings. The van der Waals surface area contributed by atoms with E-state index in [4.69, 9.17) is 23.2 Å². The molecular weight excluding hydrogens is 481 g/mol. The van der Waals surface area contributed by atoms with E-state index in [2.05, 4.69) is 33.5 Å². The van der Waals surface area contributed by atoms with E-state index in [-0.39, 0.29) is 22.3 Å². The largest absolute Gasteiger partial charge is 0.382 e. The first-order chi connectivity index (χ1) is 17.0. The predicted molar refractivity (Wildman–Crippen MR) is 139 cm³/mol. The fourth-order valence-corrected chi connectivity index (χ4v) is 4.87. The van der Waals surface area contributed by atoms with Crippen molar-refractivity contribution in [3.63, 3.8) is 0 Å². The molecule has 1 aliphatic heterocycles. The molecule has 0 radical (unpaired) electrons. The molecule has 0 atom stereocenters. The van der Waals surface area contributed by atoms with Crippen LogP contribution < -0.4 is 5.32 Å². The number of nitrogens with zero attached hydrogens (tertiary/aromatic N) is 4. The highest BCUT2D eigenvalue weighted by molar-refractivity contribution is 6.34. The van der Waals surface area contributed by atoms with Crippen LogP contribution in [0.25, 0.3) is 21.9 Å². The summed E-state index contributed by atoms with van der Waals surface area (Å²) in [4.78, 5) is 23.0. The van der Waals surface area contributed by atoms with Gasteiger partial charge in [-0.3, -0.25) is 9.78 Å². The van der Waals surface area contributed by atoms with Gasteiger partial charge in [0, 0.05) is 42.6 Å². The van der Waals surface area contributed by atoms with Crippen molar-refractivity contribution in [1.29, 1.82) is 5.26 Å². The Morgan fingerprint density at radius 3 is 2.66 bits per heavy atom. The quantitative estimate of drug-likeness (QED) is 0.337. The molecule has 1 amide bonds. The molecule has 1 N–H and O–H groups in total. The number of hydrogen-bond acceptors (Lipinski definition) is 5. The summed E-state index contributed by atoms with van der Waals surface area (Å²) in [6.45, 7) is 1.21. The van der Waals surface area contributed by atoms with Crippen LogP contribution in [0.15, 0.2) is 67.0 Å². The summed E-state index contributed by atoms with van der Waals surface area (Å²) in [6.07, 6.45) is 5.23. The van der Waals surface area contributed by atoms with Gasteiger partial charge in [0.05, 0.1) is 17.2 Å². The van der Waals surface area contributed by atoms with Crippen LogP contribution in [-0.4, -0.2) is 39.9 Å². The SMILES string of the molecule is N#Cc1cccc(-c2cc(NC3CCN(C(=O)c4ccc(Cl)nc4Cl)CC3)c3cnccc3c2)c1. The van der Waals surface area contributed by atoms with Crippen LogP contribution in [-0.2, 0) is 0 Å². The van der Waals surface area contributed by atoms with Crippen molar-refractivity contribution in [2.45, 2.75) is 18.9 Å². The van der Waals surface area contributed by atoms with Gasteiger partial charge < -0.3 is 10.2 Å². The first kappa shape index (κ1) is 23.1. The van der Waals surface area contributed by atoms with E-state index in [0.717, 1.165) is 40.4 Å². The lowest BCUT2D eigenvalue weighted by atomic mass is 9.98. The minimum absolute atomic E-state index is 0.124. The molecule has 35 heavy (non-hydrogen) atoms. The lowest BCUT2D eigenvalue weighted by Crippen LogP contribution is -2.42. The number of benzene rings is 2. The number of hydrogen-bond donors (Lipinski definition) is 1. The summed E-state index contributed by atoms with van der Waals surface area (Å²) >= 11 is 12.0. The predicted octanol–water partition coefficient (Wildman–Crippen LogP) is 6.19. The maximum atomic E-state index is 12.9. The topological polar surface area (TPSA) is 81.9 Å². The standard InChI is InChI=1S/C27H21Cl2N5O/c28-25-5-4-22(26(29)33-25)27(35)34-10-7-21(8-11-34)32-24-14-20(13-19-6-9-31-16-23(19)24)18-3-1-2-17(12-18)15-30/h1-6,9,12-14,16,21,32H,7-8,10-11H2. The third-order valence-corrected chi connectivity index (χ3v) is 6.77. The lowest BCUT2D eigenvalue weighted by Gasteiger charge is -2.33. The third kappa shape index (κ3) is 4.93. The maximum absolute atomic E-state index is 12.9. The summed E-state index contributed by atoms with van der Waals surface area (Å²) in [5, 5.41) is 15.5. The molecule has 1 aliphatic rings. The normalized spacial score (nSPS) is 14.0.